The summed E-state index contributed by atoms with van der Waals surface area (Å²) < 4.78 is 0. The van der Waals surface area contributed by atoms with Crippen molar-refractivity contribution in [2.24, 2.45) is 5.92 Å². The largest absolute Gasteiger partial charge is 0.477 e. The zero-order valence-corrected chi connectivity index (χ0v) is 9.27. The third kappa shape index (κ3) is 1.35. The molecule has 0 saturated carbocycles. The van der Waals surface area contributed by atoms with E-state index in [2.05, 4.69) is 0 Å². The van der Waals surface area contributed by atoms with Crippen molar-refractivity contribution in [2.75, 3.05) is 6.61 Å². The normalized spacial score (nSPS) is 30.2. The second-order valence-electron chi connectivity index (χ2n) is 3.72. The van der Waals surface area contributed by atoms with Crippen LogP contribution < -0.4 is 0 Å². The number of rotatable bonds is 3. The lowest BCUT2D eigenvalue weighted by Gasteiger charge is -2.43. The van der Waals surface area contributed by atoms with Crippen molar-refractivity contribution < 1.29 is 24.9 Å². The second kappa shape index (κ2) is 3.76. The minimum atomic E-state index is -1.23. The topological polar surface area (TPSA) is 98.1 Å². The number of aliphatic hydroxyl groups is 2. The van der Waals surface area contributed by atoms with Gasteiger partial charge < -0.3 is 15.3 Å². The Labute approximate surface area is 95.5 Å². The number of carbonyl (C=O) groups is 2. The Balaban J connectivity index is 2.29. The maximum Gasteiger partial charge on any atom is 0.353 e. The maximum atomic E-state index is 11.6. The van der Waals surface area contributed by atoms with E-state index in [4.69, 9.17) is 10.2 Å². The first-order valence-corrected chi connectivity index (χ1v) is 5.62. The van der Waals surface area contributed by atoms with E-state index in [9.17, 15) is 14.7 Å². The van der Waals surface area contributed by atoms with E-state index in [0.29, 0.717) is 0 Å². The van der Waals surface area contributed by atoms with E-state index < -0.39 is 30.5 Å². The van der Waals surface area contributed by atoms with Crippen molar-refractivity contribution >= 4 is 23.6 Å². The fourth-order valence-electron chi connectivity index (χ4n) is 1.96. The molecule has 3 N–H and O–H groups in total. The van der Waals surface area contributed by atoms with Gasteiger partial charge >= 0.3 is 5.97 Å². The zero-order valence-electron chi connectivity index (χ0n) is 8.45. The molecule has 1 fully saturated rings. The predicted molar refractivity (Wildman–Crippen MR) is 55.1 cm³/mol. The van der Waals surface area contributed by atoms with Gasteiger partial charge in [0, 0.05) is 4.91 Å². The summed E-state index contributed by atoms with van der Waals surface area (Å²) in [6.07, 6.45) is -0.811. The van der Waals surface area contributed by atoms with Crippen molar-refractivity contribution in [3.8, 4) is 0 Å². The first-order chi connectivity index (χ1) is 7.49. The SMILES string of the molecule is C[C@H](O)C1C(=O)N2C(C(=O)O)=C(CO)S[C@H]12. The van der Waals surface area contributed by atoms with Gasteiger partial charge in [0.2, 0.25) is 5.91 Å². The third-order valence-corrected chi connectivity index (χ3v) is 4.07. The molecule has 1 unspecified atom stereocenters. The van der Waals surface area contributed by atoms with Gasteiger partial charge in [0.05, 0.1) is 18.6 Å². The number of hydrogen-bond donors (Lipinski definition) is 3. The number of aliphatic carboxylic acids is 1. The highest BCUT2D eigenvalue weighted by atomic mass is 32.2. The monoisotopic (exact) mass is 245 g/mol. The minimum Gasteiger partial charge on any atom is -0.477 e. The third-order valence-electron chi connectivity index (χ3n) is 2.72. The first kappa shape index (κ1) is 11.4. The van der Waals surface area contributed by atoms with Crippen molar-refractivity contribution in [1.29, 1.82) is 0 Å². The molecule has 16 heavy (non-hydrogen) atoms. The molecule has 0 aromatic rings. The zero-order chi connectivity index (χ0) is 12.0. The van der Waals surface area contributed by atoms with E-state index in [-0.39, 0.29) is 16.0 Å². The number of β-lactam (4-membered cyclic amide) rings is 1. The Kier molecular flexibility index (Phi) is 2.69. The molecule has 3 atom stereocenters. The van der Waals surface area contributed by atoms with Gasteiger partial charge in [-0.2, -0.15) is 0 Å². The molecule has 0 bridgehead atoms. The molecule has 7 heteroatoms. The fraction of sp³-hybridized carbons (Fsp3) is 0.556. The van der Waals surface area contributed by atoms with Crippen LogP contribution in [-0.2, 0) is 9.59 Å². The lowest BCUT2D eigenvalue weighted by molar-refractivity contribution is -0.156. The standard InChI is InChI=1S/C9H11NO5S/c1-3(12)5-7(13)10-6(9(14)15)4(2-11)16-8(5)10/h3,5,8,11-12H,2H2,1H3,(H,14,15)/t3-,5?,8+/m0/s1. The van der Waals surface area contributed by atoms with Crippen LogP contribution in [0.3, 0.4) is 0 Å². The van der Waals surface area contributed by atoms with Crippen LogP contribution >= 0.6 is 11.8 Å². The van der Waals surface area contributed by atoms with Crippen LogP contribution in [0.5, 0.6) is 0 Å². The van der Waals surface area contributed by atoms with Crippen LogP contribution in [0.2, 0.25) is 0 Å². The molecule has 0 radical (unpaired) electrons. The lowest BCUT2D eigenvalue weighted by atomic mass is 9.92. The highest BCUT2D eigenvalue weighted by Crippen LogP contribution is 2.49. The quantitative estimate of drug-likeness (QED) is 0.562. The second-order valence-corrected chi connectivity index (χ2v) is 4.93. The highest BCUT2D eigenvalue weighted by molar-refractivity contribution is 8.04. The highest BCUT2D eigenvalue weighted by Gasteiger charge is 2.57. The number of nitrogens with zero attached hydrogens (tertiary/aromatic N) is 1. The van der Waals surface area contributed by atoms with Gasteiger partial charge in [0.1, 0.15) is 11.1 Å². The predicted octanol–water partition coefficient (Wildman–Crippen LogP) is -0.813. The molecule has 1 amide bonds. The summed E-state index contributed by atoms with van der Waals surface area (Å²) in [5.74, 6) is -2.20. The summed E-state index contributed by atoms with van der Waals surface area (Å²) in [4.78, 5) is 24.0. The summed E-state index contributed by atoms with van der Waals surface area (Å²) in [5, 5.41) is 27.0. The average Bonchev–Trinajstić information content (AvgIpc) is 2.51. The van der Waals surface area contributed by atoms with E-state index in [1.807, 2.05) is 0 Å². The number of thioether (sulfide) groups is 1. The van der Waals surface area contributed by atoms with Crippen LogP contribution in [0.4, 0.5) is 0 Å². The number of carboxylic acids is 1. The molecule has 0 aromatic heterocycles. The van der Waals surface area contributed by atoms with E-state index in [0.717, 1.165) is 16.7 Å². The average molecular weight is 245 g/mol. The molecule has 88 valence electrons. The molecule has 2 heterocycles. The number of carboxylic acid groups (broad SMARTS) is 1. The lowest BCUT2D eigenvalue weighted by Crippen LogP contribution is -2.60. The molecule has 2 aliphatic heterocycles. The molecular formula is C9H11NO5S. The van der Waals surface area contributed by atoms with Crippen LogP contribution in [-0.4, -0.2) is 50.2 Å². The Morgan fingerprint density at radius 1 is 1.62 bits per heavy atom. The first-order valence-electron chi connectivity index (χ1n) is 4.74. The van der Waals surface area contributed by atoms with Gasteiger partial charge in [-0.25, -0.2) is 4.79 Å². The number of amides is 1. The Morgan fingerprint density at radius 2 is 2.25 bits per heavy atom. The molecule has 0 spiro atoms. The maximum absolute atomic E-state index is 11.6. The summed E-state index contributed by atoms with van der Waals surface area (Å²) in [6.45, 7) is 1.09. The molecule has 6 nitrogen and oxygen atoms in total. The number of fused-ring (bicyclic) bond motifs is 1. The van der Waals surface area contributed by atoms with Gasteiger partial charge in [-0.1, -0.05) is 11.8 Å². The van der Waals surface area contributed by atoms with Gasteiger partial charge in [0.25, 0.3) is 0 Å². The fourth-order valence-corrected chi connectivity index (χ4v) is 3.43. The molecule has 0 aliphatic carbocycles. The molecule has 2 rings (SSSR count). The smallest absolute Gasteiger partial charge is 0.353 e. The van der Waals surface area contributed by atoms with Gasteiger partial charge in [-0.15, -0.1) is 0 Å². The van der Waals surface area contributed by atoms with Crippen LogP contribution in [0.1, 0.15) is 6.92 Å². The molecular weight excluding hydrogens is 234 g/mol. The minimum absolute atomic E-state index is 0.153. The van der Waals surface area contributed by atoms with E-state index in [1.54, 1.807) is 0 Å². The van der Waals surface area contributed by atoms with Gasteiger partial charge in [0.15, 0.2) is 0 Å². The summed E-state index contributed by atoms with van der Waals surface area (Å²) in [7, 11) is 0. The van der Waals surface area contributed by atoms with E-state index >= 15 is 0 Å². The molecule has 2 aliphatic rings. The van der Waals surface area contributed by atoms with Crippen LogP contribution in [0, 0.1) is 5.92 Å². The number of aliphatic hydroxyl groups excluding tert-OH is 2. The van der Waals surface area contributed by atoms with Crippen molar-refractivity contribution in [2.45, 2.75) is 18.4 Å². The van der Waals surface area contributed by atoms with E-state index in [1.165, 1.54) is 6.92 Å². The van der Waals surface area contributed by atoms with Crippen LogP contribution in [0.25, 0.3) is 0 Å². The number of hydrogen-bond acceptors (Lipinski definition) is 5. The summed E-state index contributed by atoms with van der Waals surface area (Å²) in [6, 6.07) is 0. The van der Waals surface area contributed by atoms with Crippen molar-refractivity contribution in [3.05, 3.63) is 10.6 Å². The van der Waals surface area contributed by atoms with Crippen molar-refractivity contribution in [1.82, 2.24) is 4.90 Å². The Bertz CT molecular complexity index is 391. The Morgan fingerprint density at radius 3 is 2.69 bits per heavy atom. The van der Waals surface area contributed by atoms with Crippen molar-refractivity contribution in [3.63, 3.8) is 0 Å². The van der Waals surface area contributed by atoms with Gasteiger partial charge in [-0.05, 0) is 6.92 Å². The summed E-state index contributed by atoms with van der Waals surface area (Å²) in [5.41, 5.74) is -0.153. The molecule has 0 aromatic carbocycles. The molecule has 1 saturated heterocycles. The Hall–Kier alpha value is -1.05. The summed E-state index contributed by atoms with van der Waals surface area (Å²) >= 11 is 1.13. The van der Waals surface area contributed by atoms with Crippen LogP contribution in [0.15, 0.2) is 10.6 Å². The van der Waals surface area contributed by atoms with Gasteiger partial charge in [-0.3, -0.25) is 9.69 Å². The number of carbonyl (C=O) groups excluding carboxylic acids is 1.